The highest BCUT2D eigenvalue weighted by molar-refractivity contribution is 5.93. The van der Waals surface area contributed by atoms with Crippen LogP contribution in [-0.2, 0) is 13.0 Å². The molecule has 0 radical (unpaired) electrons. The van der Waals surface area contributed by atoms with E-state index in [1.807, 2.05) is 30.2 Å². The number of aryl methyl sites for hydroxylation is 2. The molecule has 0 N–H and O–H groups in total. The van der Waals surface area contributed by atoms with E-state index in [1.54, 1.807) is 16.9 Å². The van der Waals surface area contributed by atoms with Crippen LogP contribution in [0.3, 0.4) is 0 Å². The molecule has 1 atom stereocenters. The molecule has 2 heterocycles. The van der Waals surface area contributed by atoms with Gasteiger partial charge in [-0.15, -0.1) is 0 Å². The molecule has 5 heteroatoms. The molecule has 0 spiro atoms. The van der Waals surface area contributed by atoms with Crippen molar-refractivity contribution in [2.45, 2.75) is 39.2 Å². The second-order valence-corrected chi connectivity index (χ2v) is 6.47. The number of hydrogen-bond donors (Lipinski definition) is 0. The lowest BCUT2D eigenvalue weighted by Gasteiger charge is -2.32. The summed E-state index contributed by atoms with van der Waals surface area (Å²) in [7, 11) is 0. The quantitative estimate of drug-likeness (QED) is 0.842. The Balaban J connectivity index is 1.58. The van der Waals surface area contributed by atoms with E-state index in [2.05, 4.69) is 5.10 Å². The Bertz CT molecular complexity index is 697. The Kier molecular flexibility index (Phi) is 5.28. The minimum absolute atomic E-state index is 0.0605. The highest BCUT2D eigenvalue weighted by atomic mass is 19.1. The average molecular weight is 329 g/mol. The first-order valence-corrected chi connectivity index (χ1v) is 8.72. The summed E-state index contributed by atoms with van der Waals surface area (Å²) < 4.78 is 15.5. The van der Waals surface area contributed by atoms with Gasteiger partial charge in [0, 0.05) is 25.8 Å². The summed E-state index contributed by atoms with van der Waals surface area (Å²) in [5.41, 5.74) is 1.43. The van der Waals surface area contributed by atoms with Gasteiger partial charge in [0.2, 0.25) is 0 Å². The van der Waals surface area contributed by atoms with Crippen LogP contribution in [0.1, 0.15) is 42.1 Å². The molecule has 128 valence electrons. The van der Waals surface area contributed by atoms with Crippen molar-refractivity contribution in [1.29, 1.82) is 0 Å². The van der Waals surface area contributed by atoms with Crippen molar-refractivity contribution in [1.82, 2.24) is 14.7 Å². The van der Waals surface area contributed by atoms with Gasteiger partial charge in [-0.05, 0) is 50.2 Å². The Hall–Kier alpha value is -2.17. The van der Waals surface area contributed by atoms with E-state index in [-0.39, 0.29) is 11.7 Å². The summed E-state index contributed by atoms with van der Waals surface area (Å²) in [6, 6.07) is 6.95. The summed E-state index contributed by atoms with van der Waals surface area (Å²) in [5.74, 6) is 0.363. The molecule has 1 unspecified atom stereocenters. The molecule has 1 fully saturated rings. The molecule has 4 nitrogen and oxygen atoms in total. The van der Waals surface area contributed by atoms with Crippen molar-refractivity contribution in [3.63, 3.8) is 0 Å². The van der Waals surface area contributed by atoms with Gasteiger partial charge in [0.05, 0.1) is 11.8 Å². The predicted octanol–water partition coefficient (Wildman–Crippen LogP) is 3.53. The summed E-state index contributed by atoms with van der Waals surface area (Å²) in [4.78, 5) is 14.5. The molecule has 1 aliphatic rings. The van der Waals surface area contributed by atoms with Gasteiger partial charge < -0.3 is 4.90 Å². The first-order chi connectivity index (χ1) is 11.7. The number of aromatic nitrogens is 2. The molecule has 0 bridgehead atoms. The third-order valence-corrected chi connectivity index (χ3v) is 4.79. The van der Waals surface area contributed by atoms with Crippen molar-refractivity contribution in [3.8, 4) is 0 Å². The Morgan fingerprint density at radius 2 is 2.21 bits per heavy atom. The predicted molar refractivity (Wildman–Crippen MR) is 91.2 cm³/mol. The molecule has 3 rings (SSSR count). The molecule has 1 aromatic heterocycles. The van der Waals surface area contributed by atoms with Gasteiger partial charge >= 0.3 is 0 Å². The zero-order chi connectivity index (χ0) is 16.9. The number of hydrogen-bond acceptors (Lipinski definition) is 2. The number of amides is 1. The van der Waals surface area contributed by atoms with E-state index in [9.17, 15) is 9.18 Å². The molecule has 24 heavy (non-hydrogen) atoms. The van der Waals surface area contributed by atoms with Gasteiger partial charge in [0.25, 0.3) is 5.91 Å². The molecule has 1 amide bonds. The van der Waals surface area contributed by atoms with Gasteiger partial charge in [-0.25, -0.2) is 4.39 Å². The number of nitrogens with zero attached hydrogens (tertiary/aromatic N) is 3. The van der Waals surface area contributed by atoms with Crippen LogP contribution in [-0.4, -0.2) is 33.7 Å². The van der Waals surface area contributed by atoms with E-state index in [0.29, 0.717) is 11.5 Å². The van der Waals surface area contributed by atoms with Crippen molar-refractivity contribution in [2.75, 3.05) is 13.1 Å². The number of benzene rings is 1. The fourth-order valence-electron chi connectivity index (χ4n) is 3.38. The molecule has 1 aromatic carbocycles. The zero-order valence-corrected chi connectivity index (χ0v) is 14.1. The number of likely N-dealkylation sites (tertiary alicyclic amines) is 1. The number of carbonyl (C=O) groups is 1. The monoisotopic (exact) mass is 329 g/mol. The van der Waals surface area contributed by atoms with Crippen LogP contribution in [0.5, 0.6) is 0 Å². The Morgan fingerprint density at radius 3 is 2.96 bits per heavy atom. The van der Waals surface area contributed by atoms with E-state index in [0.717, 1.165) is 50.9 Å². The summed E-state index contributed by atoms with van der Waals surface area (Å²) in [6.45, 7) is 4.32. The molecule has 0 saturated carbocycles. The lowest BCUT2D eigenvalue weighted by atomic mass is 9.91. The minimum atomic E-state index is -0.131. The van der Waals surface area contributed by atoms with E-state index < -0.39 is 0 Å². The maximum Gasteiger partial charge on any atom is 0.257 e. The van der Waals surface area contributed by atoms with Crippen LogP contribution < -0.4 is 0 Å². The van der Waals surface area contributed by atoms with Gasteiger partial charge in [-0.1, -0.05) is 18.2 Å². The molecular weight excluding hydrogens is 305 g/mol. The van der Waals surface area contributed by atoms with Gasteiger partial charge in [-0.3, -0.25) is 9.48 Å². The smallest absolute Gasteiger partial charge is 0.257 e. The third-order valence-electron chi connectivity index (χ3n) is 4.79. The third kappa shape index (κ3) is 3.83. The molecule has 1 aliphatic heterocycles. The number of halogens is 1. The maximum absolute atomic E-state index is 13.7. The van der Waals surface area contributed by atoms with Crippen molar-refractivity contribution >= 4 is 5.91 Å². The maximum atomic E-state index is 13.7. The van der Waals surface area contributed by atoms with Gasteiger partial charge in [0.1, 0.15) is 5.82 Å². The first-order valence-electron chi connectivity index (χ1n) is 8.72. The summed E-state index contributed by atoms with van der Waals surface area (Å²) in [6.07, 6.45) is 7.22. The van der Waals surface area contributed by atoms with E-state index >= 15 is 0 Å². The molecular formula is C19H24FN3O. The SMILES string of the molecule is CCn1cc(C(=O)N2CCCC(CCc3ccccc3F)C2)cn1. The van der Waals surface area contributed by atoms with Crippen LogP contribution in [0.15, 0.2) is 36.7 Å². The van der Waals surface area contributed by atoms with Crippen molar-refractivity contribution in [3.05, 3.63) is 53.6 Å². The molecule has 0 aliphatic carbocycles. The van der Waals surface area contributed by atoms with Crippen molar-refractivity contribution < 1.29 is 9.18 Å². The second-order valence-electron chi connectivity index (χ2n) is 6.47. The molecule has 1 saturated heterocycles. The highest BCUT2D eigenvalue weighted by Gasteiger charge is 2.25. The fraction of sp³-hybridized carbons (Fsp3) is 0.474. The van der Waals surface area contributed by atoms with Crippen LogP contribution in [0, 0.1) is 11.7 Å². The lowest BCUT2D eigenvalue weighted by molar-refractivity contribution is 0.0668. The molecule has 2 aromatic rings. The van der Waals surface area contributed by atoms with E-state index in [1.165, 1.54) is 6.07 Å². The number of rotatable bonds is 5. The first kappa shape index (κ1) is 16.7. The Labute approximate surface area is 142 Å². The largest absolute Gasteiger partial charge is 0.338 e. The standard InChI is InChI=1S/C19H24FN3O/c1-2-23-14-17(12-21-23)19(24)22-11-5-6-15(13-22)9-10-16-7-3-4-8-18(16)20/h3-4,7-8,12,14-15H,2,5-6,9-11,13H2,1H3. The van der Waals surface area contributed by atoms with Crippen LogP contribution >= 0.6 is 0 Å². The number of piperidine rings is 1. The van der Waals surface area contributed by atoms with Gasteiger partial charge in [-0.2, -0.15) is 5.10 Å². The normalized spacial score (nSPS) is 17.9. The lowest BCUT2D eigenvalue weighted by Crippen LogP contribution is -2.40. The zero-order valence-electron chi connectivity index (χ0n) is 14.1. The van der Waals surface area contributed by atoms with Gasteiger partial charge in [0.15, 0.2) is 0 Å². The number of carbonyl (C=O) groups excluding carboxylic acids is 1. The van der Waals surface area contributed by atoms with Crippen LogP contribution in [0.4, 0.5) is 4.39 Å². The minimum Gasteiger partial charge on any atom is -0.338 e. The topological polar surface area (TPSA) is 38.1 Å². The fourth-order valence-corrected chi connectivity index (χ4v) is 3.38. The second kappa shape index (κ2) is 7.60. The summed E-state index contributed by atoms with van der Waals surface area (Å²) in [5, 5.41) is 4.18. The highest BCUT2D eigenvalue weighted by Crippen LogP contribution is 2.23. The van der Waals surface area contributed by atoms with E-state index in [4.69, 9.17) is 0 Å². The van der Waals surface area contributed by atoms with Crippen LogP contribution in [0.2, 0.25) is 0 Å². The van der Waals surface area contributed by atoms with Crippen LogP contribution in [0.25, 0.3) is 0 Å². The summed E-state index contributed by atoms with van der Waals surface area (Å²) >= 11 is 0. The van der Waals surface area contributed by atoms with Crippen molar-refractivity contribution in [2.24, 2.45) is 5.92 Å². The average Bonchev–Trinajstić information content (AvgIpc) is 3.10. The Morgan fingerprint density at radius 1 is 1.38 bits per heavy atom.